The molecule has 0 aliphatic carbocycles. The first-order valence-corrected chi connectivity index (χ1v) is 21.7. The highest BCUT2D eigenvalue weighted by atomic mass is 16.6. The van der Waals surface area contributed by atoms with Gasteiger partial charge in [-0.1, -0.05) is 60.1 Å². The number of aliphatic hydroxyl groups is 1. The molecule has 9 atom stereocenters. The second-order valence-electron chi connectivity index (χ2n) is 18.4. The monoisotopic (exact) mass is 858 g/mol. The second-order valence-corrected chi connectivity index (χ2v) is 18.4. The number of methoxy groups -OCH3 is 1. The molecule has 0 radical (unpaired) electrons. The number of Topliss-reactive ketones (excluding diaryl/α,β-unsaturated/α-hetero) is 1. The van der Waals surface area contributed by atoms with Crippen LogP contribution in [-0.2, 0) is 44.7 Å². The summed E-state index contributed by atoms with van der Waals surface area (Å²) in [7, 11) is 2.98. The van der Waals surface area contributed by atoms with Gasteiger partial charge in [0.25, 0.3) is 0 Å². The summed E-state index contributed by atoms with van der Waals surface area (Å²) < 4.78 is 16.8. The van der Waals surface area contributed by atoms with E-state index in [9.17, 15) is 38.7 Å². The van der Waals surface area contributed by atoms with Crippen molar-refractivity contribution < 1.29 is 52.9 Å². The third kappa shape index (κ3) is 14.4. The number of fused-ring (bicyclic) bond motifs is 1. The molecule has 1 aromatic carbocycles. The van der Waals surface area contributed by atoms with Gasteiger partial charge in [-0.3, -0.25) is 24.0 Å². The van der Waals surface area contributed by atoms with Crippen LogP contribution in [0.4, 0.5) is 4.79 Å². The molecule has 1 aromatic rings. The van der Waals surface area contributed by atoms with E-state index in [1.54, 1.807) is 65.8 Å². The number of carbonyl (C=O) groups is 7. The molecule has 5 amide bonds. The van der Waals surface area contributed by atoms with E-state index in [-0.39, 0.29) is 43.6 Å². The molecular formula is C45H71N5O11. The van der Waals surface area contributed by atoms with E-state index in [0.717, 1.165) is 0 Å². The van der Waals surface area contributed by atoms with Gasteiger partial charge in [0.05, 0.1) is 19.3 Å². The van der Waals surface area contributed by atoms with Gasteiger partial charge < -0.3 is 45.1 Å². The van der Waals surface area contributed by atoms with E-state index in [1.807, 2.05) is 20.8 Å². The van der Waals surface area contributed by atoms with Crippen molar-refractivity contribution in [3.63, 3.8) is 0 Å². The lowest BCUT2D eigenvalue weighted by Crippen LogP contribution is -2.59. The number of carbonyl (C=O) groups excluding carboxylic acids is 7. The maximum atomic E-state index is 14.6. The molecule has 2 fully saturated rings. The van der Waals surface area contributed by atoms with Crippen LogP contribution < -0.4 is 20.7 Å². The Morgan fingerprint density at radius 3 is 2.16 bits per heavy atom. The zero-order valence-electron chi connectivity index (χ0n) is 38.2. The number of ketones is 1. The Hall–Kier alpha value is -4.73. The molecule has 2 aliphatic rings. The van der Waals surface area contributed by atoms with Gasteiger partial charge in [0.15, 0.2) is 0 Å². The highest BCUT2D eigenvalue weighted by molar-refractivity contribution is 5.95. The highest BCUT2D eigenvalue weighted by Gasteiger charge is 2.44. The Balaban J connectivity index is 2.20. The molecule has 16 heteroatoms. The molecular weight excluding hydrogens is 787 g/mol. The van der Waals surface area contributed by atoms with Crippen molar-refractivity contribution >= 4 is 41.5 Å². The van der Waals surface area contributed by atoms with E-state index in [4.69, 9.17) is 14.2 Å². The SMILES string of the molecule is CC[C@H](C)[C@H]1NC(=O)[C@@H](NC(=O)OC(C)(C)C)[C@@H](C)OC(=O)[C@H](Cc2ccc(OC)cc2)N(C)C(=O)[C@@H]2CCCN2C(=O)[C@H](CC(C)C)NC(=O)[C@H](C(C)C)CC(=O)C[C@@H]1O. The fraction of sp³-hybridized carbons (Fsp3) is 0.711. The van der Waals surface area contributed by atoms with E-state index in [0.29, 0.717) is 30.6 Å². The molecule has 4 N–H and O–H groups in total. The average molecular weight is 858 g/mol. The zero-order valence-corrected chi connectivity index (χ0v) is 38.2. The third-order valence-electron chi connectivity index (χ3n) is 11.6. The molecule has 2 saturated heterocycles. The fourth-order valence-corrected chi connectivity index (χ4v) is 7.82. The lowest BCUT2D eigenvalue weighted by Gasteiger charge is -2.35. The van der Waals surface area contributed by atoms with Gasteiger partial charge in [-0.25, -0.2) is 9.59 Å². The normalized spacial score (nSPS) is 27.5. The summed E-state index contributed by atoms with van der Waals surface area (Å²) in [6, 6.07) is 1.13. The Bertz CT molecular complexity index is 1690. The summed E-state index contributed by atoms with van der Waals surface area (Å²) >= 11 is 0. The number of nitrogens with zero attached hydrogens (tertiary/aromatic N) is 2. The van der Waals surface area contributed by atoms with E-state index in [2.05, 4.69) is 16.0 Å². The van der Waals surface area contributed by atoms with Crippen molar-refractivity contribution in [1.82, 2.24) is 25.8 Å². The first-order valence-electron chi connectivity index (χ1n) is 21.7. The van der Waals surface area contributed by atoms with Crippen molar-refractivity contribution in [1.29, 1.82) is 0 Å². The van der Waals surface area contributed by atoms with E-state index in [1.165, 1.54) is 30.9 Å². The van der Waals surface area contributed by atoms with Crippen LogP contribution in [0.3, 0.4) is 0 Å². The average Bonchev–Trinajstić information content (AvgIpc) is 3.67. The summed E-state index contributed by atoms with van der Waals surface area (Å²) in [6.45, 7) is 17.7. The molecule has 2 aliphatic heterocycles. The van der Waals surface area contributed by atoms with Gasteiger partial charge in [0, 0.05) is 38.8 Å². The number of ether oxygens (including phenoxy) is 3. The Morgan fingerprint density at radius 1 is 0.967 bits per heavy atom. The van der Waals surface area contributed by atoms with Crippen LogP contribution in [0.2, 0.25) is 0 Å². The lowest BCUT2D eigenvalue weighted by molar-refractivity contribution is -0.161. The van der Waals surface area contributed by atoms with Crippen molar-refractivity contribution in [3.8, 4) is 5.75 Å². The van der Waals surface area contributed by atoms with Crippen LogP contribution >= 0.6 is 0 Å². The molecule has 0 aromatic heterocycles. The molecule has 3 rings (SSSR count). The largest absolute Gasteiger partial charge is 0.497 e. The van der Waals surface area contributed by atoms with E-state index < -0.39 is 102 Å². The number of rotatable bonds is 9. The number of benzene rings is 1. The van der Waals surface area contributed by atoms with Gasteiger partial charge in [0.1, 0.15) is 47.4 Å². The number of amides is 5. The number of likely N-dealkylation sites (N-methyl/N-ethyl adjacent to an activating group) is 1. The first-order chi connectivity index (χ1) is 28.5. The minimum absolute atomic E-state index is 0.0201. The topological polar surface area (TPSA) is 210 Å². The summed E-state index contributed by atoms with van der Waals surface area (Å²) in [5.41, 5.74) is -0.301. The van der Waals surface area contributed by atoms with Crippen LogP contribution in [-0.4, -0.2) is 125 Å². The van der Waals surface area contributed by atoms with Crippen molar-refractivity contribution in [2.75, 3.05) is 20.7 Å². The fourth-order valence-electron chi connectivity index (χ4n) is 7.82. The molecule has 61 heavy (non-hydrogen) atoms. The summed E-state index contributed by atoms with van der Waals surface area (Å²) in [5.74, 6) is -4.59. The number of alkyl carbamates (subject to hydrolysis) is 1. The summed E-state index contributed by atoms with van der Waals surface area (Å²) in [5, 5.41) is 19.8. The smallest absolute Gasteiger partial charge is 0.408 e. The predicted molar refractivity (Wildman–Crippen MR) is 228 cm³/mol. The van der Waals surface area contributed by atoms with Crippen LogP contribution in [0.15, 0.2) is 24.3 Å². The number of nitrogens with one attached hydrogen (secondary N) is 3. The molecule has 0 saturated carbocycles. The highest BCUT2D eigenvalue weighted by Crippen LogP contribution is 2.26. The van der Waals surface area contributed by atoms with Crippen molar-refractivity contribution in [2.24, 2.45) is 23.7 Å². The van der Waals surface area contributed by atoms with Crippen LogP contribution in [0.5, 0.6) is 5.75 Å². The molecule has 16 nitrogen and oxygen atoms in total. The predicted octanol–water partition coefficient (Wildman–Crippen LogP) is 3.94. The number of hydrogen-bond acceptors (Lipinski definition) is 11. The van der Waals surface area contributed by atoms with Crippen molar-refractivity contribution in [2.45, 2.75) is 162 Å². The number of hydrogen-bond donors (Lipinski definition) is 4. The molecule has 0 bridgehead atoms. The van der Waals surface area contributed by atoms with Gasteiger partial charge in [-0.05, 0) is 82.4 Å². The first kappa shape index (κ1) is 50.6. The lowest BCUT2D eigenvalue weighted by atomic mass is 9.85. The maximum Gasteiger partial charge on any atom is 0.408 e. The Kier molecular flexibility index (Phi) is 18.6. The molecule has 2 heterocycles. The van der Waals surface area contributed by atoms with Crippen LogP contribution in [0, 0.1) is 23.7 Å². The van der Waals surface area contributed by atoms with Crippen LogP contribution in [0.25, 0.3) is 0 Å². The second kappa shape index (κ2) is 22.4. The quantitative estimate of drug-likeness (QED) is 0.262. The van der Waals surface area contributed by atoms with Gasteiger partial charge in [-0.2, -0.15) is 0 Å². The van der Waals surface area contributed by atoms with Crippen LogP contribution in [0.1, 0.15) is 113 Å². The minimum atomic E-state index is -1.56. The zero-order chi connectivity index (χ0) is 45.9. The Morgan fingerprint density at radius 2 is 1.61 bits per heavy atom. The molecule has 0 unspecified atom stereocenters. The Labute approximate surface area is 361 Å². The minimum Gasteiger partial charge on any atom is -0.497 e. The standard InChI is InChI=1S/C45H71N5O11/c1-13-27(6)37-36(52)24-30(51)23-32(26(4)5)39(53)46-33(21-25(2)3)41(55)50-20-14-15-34(50)42(56)49(11)35(22-29-16-18-31(59-12)19-17-29)43(57)60-28(7)38(40(54)47-37)48-44(58)61-45(8,9)10/h16-19,25-28,32-38,52H,13-15,20-24H2,1-12H3,(H,46,53)(H,47,54)(H,48,58)/t27-,28+,32-,33-,34-,35-,36-,37+,38-/m0/s1. The van der Waals surface area contributed by atoms with Gasteiger partial charge in [0.2, 0.25) is 23.6 Å². The van der Waals surface area contributed by atoms with Gasteiger partial charge >= 0.3 is 12.1 Å². The molecule has 342 valence electrons. The van der Waals surface area contributed by atoms with Gasteiger partial charge in [-0.15, -0.1) is 0 Å². The van der Waals surface area contributed by atoms with E-state index >= 15 is 0 Å². The number of esters is 1. The number of cyclic esters (lactones) is 1. The molecule has 0 spiro atoms. The summed E-state index contributed by atoms with van der Waals surface area (Å²) in [4.78, 5) is 101. The van der Waals surface area contributed by atoms with Crippen molar-refractivity contribution in [3.05, 3.63) is 29.8 Å². The maximum absolute atomic E-state index is 14.6. The third-order valence-corrected chi connectivity index (χ3v) is 11.6. The number of aliphatic hydroxyl groups excluding tert-OH is 1. The summed E-state index contributed by atoms with van der Waals surface area (Å²) in [6.07, 6.45) is -2.80.